The molecular formula is C24H26N6O2. The van der Waals surface area contributed by atoms with Crippen LogP contribution in [0.5, 0.6) is 0 Å². The molecule has 0 spiro atoms. The SMILES string of the molecule is Cc1cccc(CNc2c([C@@H]3CCc4nc(N)ccc43)nc3n(c2=O)C(C(N)=O)CC3)c1. The molecule has 1 aromatic carbocycles. The molecule has 1 amide bonds. The minimum Gasteiger partial charge on any atom is -0.384 e. The minimum absolute atomic E-state index is 0.0515. The number of carbonyl (C=O) groups excluding carboxylic acids is 1. The van der Waals surface area contributed by atoms with E-state index >= 15 is 0 Å². The number of nitrogens with zero attached hydrogens (tertiary/aromatic N) is 3. The number of primary amides is 1. The van der Waals surface area contributed by atoms with Gasteiger partial charge in [-0.05, 0) is 43.4 Å². The van der Waals surface area contributed by atoms with Crippen molar-refractivity contribution in [2.24, 2.45) is 5.73 Å². The van der Waals surface area contributed by atoms with Crippen molar-refractivity contribution in [2.75, 3.05) is 11.1 Å². The molecule has 0 radical (unpaired) electrons. The van der Waals surface area contributed by atoms with Crippen molar-refractivity contribution in [1.82, 2.24) is 14.5 Å². The van der Waals surface area contributed by atoms with Crippen LogP contribution in [0.4, 0.5) is 11.5 Å². The lowest BCUT2D eigenvalue weighted by atomic mass is 9.97. The average Bonchev–Trinajstić information content (AvgIpc) is 3.37. The highest BCUT2D eigenvalue weighted by molar-refractivity contribution is 5.79. The summed E-state index contributed by atoms with van der Waals surface area (Å²) in [6.45, 7) is 2.51. The number of aryl methyl sites for hydroxylation is 3. The zero-order valence-electron chi connectivity index (χ0n) is 18.0. The summed E-state index contributed by atoms with van der Waals surface area (Å²) < 4.78 is 1.47. The van der Waals surface area contributed by atoms with Crippen molar-refractivity contribution in [1.29, 1.82) is 0 Å². The quantitative estimate of drug-likeness (QED) is 0.569. The van der Waals surface area contributed by atoms with Crippen LogP contribution in [0.25, 0.3) is 0 Å². The molecule has 5 rings (SSSR count). The number of benzene rings is 1. The van der Waals surface area contributed by atoms with E-state index in [1.165, 1.54) is 4.57 Å². The van der Waals surface area contributed by atoms with Gasteiger partial charge in [0, 0.05) is 24.6 Å². The van der Waals surface area contributed by atoms with Crippen LogP contribution in [0.15, 0.2) is 41.2 Å². The monoisotopic (exact) mass is 430 g/mol. The van der Waals surface area contributed by atoms with Crippen LogP contribution in [-0.4, -0.2) is 20.4 Å². The summed E-state index contributed by atoms with van der Waals surface area (Å²) >= 11 is 0. The van der Waals surface area contributed by atoms with Gasteiger partial charge in [0.05, 0.1) is 5.69 Å². The van der Waals surface area contributed by atoms with Gasteiger partial charge in [-0.1, -0.05) is 35.9 Å². The van der Waals surface area contributed by atoms with E-state index in [1.807, 2.05) is 31.2 Å². The van der Waals surface area contributed by atoms with Crippen molar-refractivity contribution in [3.63, 3.8) is 0 Å². The molecule has 0 bridgehead atoms. The third-order valence-corrected chi connectivity index (χ3v) is 6.46. The lowest BCUT2D eigenvalue weighted by Gasteiger charge is -2.20. The summed E-state index contributed by atoms with van der Waals surface area (Å²) in [5.74, 6) is 0.556. The maximum absolute atomic E-state index is 13.6. The summed E-state index contributed by atoms with van der Waals surface area (Å²) in [5.41, 5.74) is 16.6. The zero-order chi connectivity index (χ0) is 22.4. The van der Waals surface area contributed by atoms with E-state index in [1.54, 1.807) is 6.07 Å². The normalized spacial score (nSPS) is 18.9. The summed E-state index contributed by atoms with van der Waals surface area (Å²) in [6, 6.07) is 11.2. The Morgan fingerprint density at radius 1 is 1.19 bits per heavy atom. The molecule has 2 aliphatic rings. The van der Waals surface area contributed by atoms with Gasteiger partial charge in [0.1, 0.15) is 23.4 Å². The van der Waals surface area contributed by atoms with Gasteiger partial charge in [0.2, 0.25) is 5.91 Å². The van der Waals surface area contributed by atoms with E-state index in [0.717, 1.165) is 35.2 Å². The lowest BCUT2D eigenvalue weighted by Crippen LogP contribution is -2.34. The second kappa shape index (κ2) is 7.78. The van der Waals surface area contributed by atoms with Gasteiger partial charge in [-0.25, -0.2) is 9.97 Å². The highest BCUT2D eigenvalue weighted by Gasteiger charge is 2.35. The third-order valence-electron chi connectivity index (χ3n) is 6.46. The Bertz CT molecular complexity index is 1280. The summed E-state index contributed by atoms with van der Waals surface area (Å²) in [5, 5.41) is 3.34. The standard InChI is InChI=1S/C24H26N6O2/c1-13-3-2-4-14(11-13)12-27-22-21(16-5-7-17-15(16)6-9-19(25)28-17)29-20-10-8-18(23(26)31)30(20)24(22)32/h2-4,6,9,11,16,18,27H,5,7-8,10,12H2,1H3,(H2,25,28)(H2,26,31)/t16-,18?/m1/s1. The number of carbonyl (C=O) groups is 1. The molecule has 0 fully saturated rings. The van der Waals surface area contributed by atoms with Crippen LogP contribution in [0, 0.1) is 6.92 Å². The van der Waals surface area contributed by atoms with Crippen LogP contribution in [-0.2, 0) is 24.2 Å². The summed E-state index contributed by atoms with van der Waals surface area (Å²) in [4.78, 5) is 35.0. The van der Waals surface area contributed by atoms with Crippen molar-refractivity contribution >= 4 is 17.4 Å². The molecule has 2 atom stereocenters. The Labute approximate surface area is 185 Å². The van der Waals surface area contributed by atoms with E-state index in [2.05, 4.69) is 16.4 Å². The molecular weight excluding hydrogens is 404 g/mol. The van der Waals surface area contributed by atoms with Gasteiger partial charge < -0.3 is 16.8 Å². The van der Waals surface area contributed by atoms with Crippen LogP contribution >= 0.6 is 0 Å². The number of pyridine rings is 1. The topological polar surface area (TPSA) is 129 Å². The summed E-state index contributed by atoms with van der Waals surface area (Å²) in [6.07, 6.45) is 2.64. The van der Waals surface area contributed by atoms with E-state index in [-0.39, 0.29) is 11.5 Å². The van der Waals surface area contributed by atoms with Crippen LogP contribution in [0.2, 0.25) is 0 Å². The number of hydrogen-bond acceptors (Lipinski definition) is 6. The van der Waals surface area contributed by atoms with Crippen molar-refractivity contribution in [3.8, 4) is 0 Å². The van der Waals surface area contributed by atoms with Gasteiger partial charge >= 0.3 is 0 Å². The second-order valence-electron chi connectivity index (χ2n) is 8.63. The number of nitrogens with one attached hydrogen (secondary N) is 1. The fourth-order valence-electron chi connectivity index (χ4n) is 4.96. The molecule has 3 aromatic rings. The molecule has 8 heteroatoms. The fraction of sp³-hybridized carbons (Fsp3) is 0.333. The number of hydrogen-bond donors (Lipinski definition) is 3. The highest BCUT2D eigenvalue weighted by Crippen LogP contribution is 2.40. The van der Waals surface area contributed by atoms with Gasteiger partial charge in [0.25, 0.3) is 5.56 Å². The molecule has 3 heterocycles. The van der Waals surface area contributed by atoms with E-state index in [4.69, 9.17) is 16.5 Å². The molecule has 0 saturated heterocycles. The van der Waals surface area contributed by atoms with Gasteiger partial charge in [-0.15, -0.1) is 0 Å². The lowest BCUT2D eigenvalue weighted by molar-refractivity contribution is -0.121. The number of anilines is 2. The molecule has 5 N–H and O–H groups in total. The van der Waals surface area contributed by atoms with Crippen LogP contribution in [0.3, 0.4) is 0 Å². The van der Waals surface area contributed by atoms with E-state index in [0.29, 0.717) is 42.4 Å². The molecule has 32 heavy (non-hydrogen) atoms. The maximum atomic E-state index is 13.6. The number of nitrogen functional groups attached to an aromatic ring is 1. The molecule has 1 aliphatic carbocycles. The fourth-order valence-corrected chi connectivity index (χ4v) is 4.96. The van der Waals surface area contributed by atoms with Crippen molar-refractivity contribution in [3.05, 3.63) is 80.7 Å². The third kappa shape index (κ3) is 3.41. The second-order valence-corrected chi connectivity index (χ2v) is 8.63. The van der Waals surface area contributed by atoms with E-state index < -0.39 is 11.9 Å². The Balaban J connectivity index is 1.61. The van der Waals surface area contributed by atoms with Gasteiger partial charge in [-0.3, -0.25) is 14.2 Å². The number of aromatic nitrogens is 3. The summed E-state index contributed by atoms with van der Waals surface area (Å²) in [7, 11) is 0. The van der Waals surface area contributed by atoms with Gasteiger partial charge in [-0.2, -0.15) is 0 Å². The Hall–Kier alpha value is -3.68. The number of nitrogens with two attached hydrogens (primary N) is 2. The first-order valence-electron chi connectivity index (χ1n) is 10.9. The van der Waals surface area contributed by atoms with Crippen molar-refractivity contribution in [2.45, 2.75) is 51.1 Å². The number of amides is 1. The average molecular weight is 431 g/mol. The molecule has 8 nitrogen and oxygen atoms in total. The first kappa shape index (κ1) is 20.2. The molecule has 164 valence electrons. The zero-order valence-corrected chi connectivity index (χ0v) is 18.0. The minimum atomic E-state index is -0.657. The van der Waals surface area contributed by atoms with Gasteiger partial charge in [0.15, 0.2) is 0 Å². The Morgan fingerprint density at radius 3 is 2.81 bits per heavy atom. The molecule has 1 aliphatic heterocycles. The van der Waals surface area contributed by atoms with Crippen molar-refractivity contribution < 1.29 is 4.79 Å². The number of rotatable bonds is 5. The predicted molar refractivity (Wildman–Crippen MR) is 122 cm³/mol. The largest absolute Gasteiger partial charge is 0.384 e. The maximum Gasteiger partial charge on any atom is 0.277 e. The Kier molecular flexibility index (Phi) is 4.92. The van der Waals surface area contributed by atoms with E-state index in [9.17, 15) is 9.59 Å². The number of fused-ring (bicyclic) bond motifs is 2. The molecule has 0 saturated carbocycles. The van der Waals surface area contributed by atoms with Crippen LogP contribution in [0.1, 0.15) is 58.7 Å². The molecule has 2 aromatic heterocycles. The van der Waals surface area contributed by atoms with Crippen LogP contribution < -0.4 is 22.3 Å². The first-order chi connectivity index (χ1) is 15.4. The highest BCUT2D eigenvalue weighted by atomic mass is 16.2. The molecule has 1 unspecified atom stereocenters. The first-order valence-corrected chi connectivity index (χ1v) is 10.9. The predicted octanol–water partition coefficient (Wildman–Crippen LogP) is 2.19. The smallest absolute Gasteiger partial charge is 0.277 e. The Morgan fingerprint density at radius 2 is 2.03 bits per heavy atom.